The largest absolute Gasteiger partial charge is 0.488 e. The fourth-order valence-corrected chi connectivity index (χ4v) is 3.10. The van der Waals surface area contributed by atoms with E-state index in [1.807, 2.05) is 6.26 Å². The Hall–Kier alpha value is -0.810. The molecule has 0 aromatic heterocycles. The molecule has 2 nitrogen and oxygen atoms in total. The van der Waals surface area contributed by atoms with Crippen molar-refractivity contribution in [3.63, 3.8) is 0 Å². The maximum absolute atomic E-state index is 14.1. The smallest absolute Gasteiger partial charge is 0.165 e. The quantitative estimate of drug-likeness (QED) is 0.831. The number of ether oxygens (including phenoxy) is 1. The molecule has 1 aliphatic rings. The lowest BCUT2D eigenvalue weighted by Gasteiger charge is -2.34. The Morgan fingerprint density at radius 1 is 1.37 bits per heavy atom. The van der Waals surface area contributed by atoms with Crippen molar-refractivity contribution in [2.75, 3.05) is 12.9 Å². The van der Waals surface area contributed by atoms with Crippen LogP contribution < -0.4 is 9.46 Å². The van der Waals surface area contributed by atoms with Gasteiger partial charge in [-0.3, -0.25) is 4.72 Å². The molecule has 1 aromatic carbocycles. The van der Waals surface area contributed by atoms with E-state index in [0.717, 1.165) is 25.3 Å². The predicted octanol–water partition coefficient (Wildman–Crippen LogP) is 3.87. The normalized spacial score (nSPS) is 21.9. The number of rotatable bonds is 5. The first-order valence-electron chi connectivity index (χ1n) is 6.58. The summed E-state index contributed by atoms with van der Waals surface area (Å²) in [4.78, 5) is 0. The molecule has 1 aliphatic heterocycles. The van der Waals surface area contributed by atoms with E-state index in [-0.39, 0.29) is 23.5 Å². The second-order valence-electron chi connectivity index (χ2n) is 4.76. The average molecular weight is 287 g/mol. The molecule has 2 atom stereocenters. The van der Waals surface area contributed by atoms with Crippen molar-refractivity contribution < 1.29 is 13.5 Å². The van der Waals surface area contributed by atoms with Crippen molar-refractivity contribution in [2.45, 2.75) is 38.1 Å². The Kier molecular flexibility index (Phi) is 5.05. The molecule has 2 rings (SSSR count). The van der Waals surface area contributed by atoms with E-state index in [9.17, 15) is 8.78 Å². The van der Waals surface area contributed by atoms with Crippen molar-refractivity contribution in [2.24, 2.45) is 0 Å². The first-order valence-corrected chi connectivity index (χ1v) is 7.80. The van der Waals surface area contributed by atoms with Crippen molar-refractivity contribution >= 4 is 11.9 Å². The van der Waals surface area contributed by atoms with Crippen LogP contribution in [0.3, 0.4) is 0 Å². The molecule has 1 unspecified atom stereocenters. The molecule has 0 bridgehead atoms. The van der Waals surface area contributed by atoms with Crippen molar-refractivity contribution in [1.82, 2.24) is 4.72 Å². The number of benzene rings is 1. The SMILES string of the molecule is CCCC[C@H]1c2c(F)ccc(F)c2OCC1NSC. The third kappa shape index (κ3) is 3.03. The maximum atomic E-state index is 14.1. The van der Waals surface area contributed by atoms with E-state index >= 15 is 0 Å². The van der Waals surface area contributed by atoms with E-state index in [0.29, 0.717) is 12.2 Å². The van der Waals surface area contributed by atoms with Crippen LogP contribution in [0.15, 0.2) is 12.1 Å². The van der Waals surface area contributed by atoms with Gasteiger partial charge in [0.05, 0.1) is 6.04 Å². The van der Waals surface area contributed by atoms with Crippen LogP contribution in [0.4, 0.5) is 8.78 Å². The Morgan fingerprint density at radius 2 is 2.11 bits per heavy atom. The highest BCUT2D eigenvalue weighted by atomic mass is 32.2. The Bertz CT molecular complexity index is 442. The third-order valence-corrected chi connectivity index (χ3v) is 4.03. The minimum Gasteiger partial charge on any atom is -0.488 e. The van der Waals surface area contributed by atoms with Crippen LogP contribution in [0.25, 0.3) is 0 Å². The predicted molar refractivity (Wildman–Crippen MR) is 74.6 cm³/mol. The lowest BCUT2D eigenvalue weighted by molar-refractivity contribution is 0.210. The van der Waals surface area contributed by atoms with E-state index in [1.165, 1.54) is 18.0 Å². The monoisotopic (exact) mass is 287 g/mol. The molecule has 0 spiro atoms. The van der Waals surface area contributed by atoms with Gasteiger partial charge in [0.25, 0.3) is 0 Å². The summed E-state index contributed by atoms with van der Waals surface area (Å²) in [5.41, 5.74) is 0.395. The molecular weight excluding hydrogens is 268 g/mol. The summed E-state index contributed by atoms with van der Waals surface area (Å²) >= 11 is 1.48. The Balaban J connectivity index is 2.36. The van der Waals surface area contributed by atoms with Gasteiger partial charge in [0, 0.05) is 11.5 Å². The minimum atomic E-state index is -0.472. The summed E-state index contributed by atoms with van der Waals surface area (Å²) in [6, 6.07) is 2.34. The molecular formula is C14H19F2NOS. The molecule has 19 heavy (non-hydrogen) atoms. The first-order chi connectivity index (χ1) is 9.19. The maximum Gasteiger partial charge on any atom is 0.165 e. The standard InChI is InChI=1S/C14H19F2NOS/c1-3-4-5-9-12(17-19-2)8-18-14-11(16)7-6-10(15)13(9)14/h6-7,9,12,17H,3-5,8H2,1-2H3/t9-,12?/m1/s1. The Labute approximate surface area is 117 Å². The van der Waals surface area contributed by atoms with Gasteiger partial charge in [-0.1, -0.05) is 31.7 Å². The van der Waals surface area contributed by atoms with E-state index < -0.39 is 5.82 Å². The number of hydrogen-bond acceptors (Lipinski definition) is 3. The van der Waals surface area contributed by atoms with Crippen LogP contribution in [0, 0.1) is 11.6 Å². The highest BCUT2D eigenvalue weighted by Crippen LogP contribution is 2.40. The molecule has 0 amide bonds. The fourth-order valence-electron chi connectivity index (χ4n) is 2.57. The molecule has 1 heterocycles. The molecule has 0 radical (unpaired) electrons. The highest BCUT2D eigenvalue weighted by Gasteiger charge is 2.34. The summed E-state index contributed by atoms with van der Waals surface area (Å²) in [5, 5.41) is 0. The van der Waals surface area contributed by atoms with Crippen molar-refractivity contribution in [3.05, 3.63) is 29.3 Å². The van der Waals surface area contributed by atoms with Crippen LogP contribution in [0.2, 0.25) is 0 Å². The third-order valence-electron chi connectivity index (χ3n) is 3.50. The van der Waals surface area contributed by atoms with Crippen molar-refractivity contribution in [3.8, 4) is 5.75 Å². The van der Waals surface area contributed by atoms with Crippen LogP contribution >= 0.6 is 11.9 Å². The van der Waals surface area contributed by atoms with Gasteiger partial charge in [-0.2, -0.15) is 0 Å². The zero-order valence-electron chi connectivity index (χ0n) is 11.2. The van der Waals surface area contributed by atoms with Gasteiger partial charge in [0.1, 0.15) is 12.4 Å². The Morgan fingerprint density at radius 3 is 2.79 bits per heavy atom. The molecule has 0 saturated carbocycles. The number of unbranched alkanes of at least 4 members (excludes halogenated alkanes) is 1. The van der Waals surface area contributed by atoms with Gasteiger partial charge in [0.15, 0.2) is 11.6 Å². The lowest BCUT2D eigenvalue weighted by Crippen LogP contribution is -2.40. The van der Waals surface area contributed by atoms with Gasteiger partial charge < -0.3 is 4.74 Å². The fraction of sp³-hybridized carbons (Fsp3) is 0.571. The molecule has 1 aromatic rings. The van der Waals surface area contributed by atoms with Gasteiger partial charge in [-0.05, 0) is 24.8 Å². The second kappa shape index (κ2) is 6.57. The van der Waals surface area contributed by atoms with E-state index in [2.05, 4.69) is 11.6 Å². The van der Waals surface area contributed by atoms with Gasteiger partial charge in [-0.25, -0.2) is 8.78 Å². The van der Waals surface area contributed by atoms with Crippen LogP contribution in [0.5, 0.6) is 5.75 Å². The molecule has 1 N–H and O–H groups in total. The summed E-state index contributed by atoms with van der Waals surface area (Å²) in [6.45, 7) is 2.47. The number of halogens is 2. The number of fused-ring (bicyclic) bond motifs is 1. The van der Waals surface area contributed by atoms with Crippen LogP contribution in [-0.2, 0) is 0 Å². The molecule has 106 valence electrons. The van der Waals surface area contributed by atoms with E-state index in [1.54, 1.807) is 0 Å². The summed E-state index contributed by atoms with van der Waals surface area (Å²) in [5.74, 6) is -0.780. The van der Waals surface area contributed by atoms with Crippen LogP contribution in [-0.4, -0.2) is 18.9 Å². The first kappa shape index (κ1) is 14.6. The number of nitrogens with one attached hydrogen (secondary N) is 1. The van der Waals surface area contributed by atoms with Gasteiger partial charge in [-0.15, -0.1) is 0 Å². The summed E-state index contributed by atoms with van der Waals surface area (Å²) in [6.07, 6.45) is 4.79. The number of hydrogen-bond donors (Lipinski definition) is 1. The van der Waals surface area contributed by atoms with Gasteiger partial charge in [0.2, 0.25) is 0 Å². The molecule has 0 aliphatic carbocycles. The molecule has 5 heteroatoms. The zero-order valence-corrected chi connectivity index (χ0v) is 12.0. The van der Waals surface area contributed by atoms with Gasteiger partial charge >= 0.3 is 0 Å². The molecule has 0 fully saturated rings. The molecule has 0 saturated heterocycles. The minimum absolute atomic E-state index is 0.0188. The zero-order chi connectivity index (χ0) is 13.8. The highest BCUT2D eigenvalue weighted by molar-refractivity contribution is 7.96. The average Bonchev–Trinajstić information content (AvgIpc) is 2.41. The topological polar surface area (TPSA) is 21.3 Å². The van der Waals surface area contributed by atoms with Crippen LogP contribution in [0.1, 0.15) is 37.7 Å². The van der Waals surface area contributed by atoms with Crippen molar-refractivity contribution in [1.29, 1.82) is 0 Å². The second-order valence-corrected chi connectivity index (χ2v) is 5.40. The summed E-state index contributed by atoms with van der Waals surface area (Å²) < 4.78 is 36.5. The van der Waals surface area contributed by atoms with E-state index in [4.69, 9.17) is 4.74 Å². The summed E-state index contributed by atoms with van der Waals surface area (Å²) in [7, 11) is 0. The lowest BCUT2D eigenvalue weighted by atomic mass is 9.85.